The average Bonchev–Trinajstić information content (AvgIpc) is 2.17. The molecule has 1 aliphatic rings. The van der Waals surface area contributed by atoms with Gasteiger partial charge in [0.1, 0.15) is 5.04 Å². The van der Waals surface area contributed by atoms with Gasteiger partial charge in [0.05, 0.1) is 0 Å². The molecule has 4 nitrogen and oxygen atoms in total. The Kier molecular flexibility index (Phi) is 2.81. The summed E-state index contributed by atoms with van der Waals surface area (Å²) in [6.07, 6.45) is 3.00. The summed E-state index contributed by atoms with van der Waals surface area (Å²) in [6.45, 7) is 3.13. The maximum atomic E-state index is 10.9. The molecule has 0 bridgehead atoms. The quantitative estimate of drug-likeness (QED) is 0.528. The van der Waals surface area contributed by atoms with E-state index in [0.29, 0.717) is 5.25 Å². The second-order valence-electron chi connectivity index (χ2n) is 3.62. The van der Waals surface area contributed by atoms with Gasteiger partial charge in [-0.3, -0.25) is 5.01 Å². The second kappa shape index (κ2) is 4.10. The first-order valence-corrected chi connectivity index (χ1v) is 5.69. The van der Waals surface area contributed by atoms with Crippen LogP contribution in [0, 0.1) is 5.21 Å². The van der Waals surface area contributed by atoms with E-state index in [9.17, 15) is 5.21 Å². The van der Waals surface area contributed by atoms with E-state index in [1.807, 2.05) is 12.1 Å². The topological polar surface area (TPSA) is 42.5 Å². The Hall–Kier alpha value is -1.23. The molecule has 0 amide bonds. The molecule has 1 unspecified atom stereocenters. The molecule has 0 spiro atoms. The van der Waals surface area contributed by atoms with Gasteiger partial charge in [0, 0.05) is 36.5 Å². The van der Waals surface area contributed by atoms with Crippen molar-refractivity contribution in [2.45, 2.75) is 12.2 Å². The predicted molar refractivity (Wildman–Crippen MR) is 61.6 cm³/mol. The van der Waals surface area contributed by atoms with Crippen LogP contribution in [0.15, 0.2) is 29.6 Å². The Morgan fingerprint density at radius 3 is 2.80 bits per heavy atom. The van der Waals surface area contributed by atoms with Gasteiger partial charge in [0.15, 0.2) is 12.4 Å². The van der Waals surface area contributed by atoms with E-state index in [1.165, 1.54) is 12.4 Å². The van der Waals surface area contributed by atoms with E-state index in [-0.39, 0.29) is 0 Å². The van der Waals surface area contributed by atoms with Crippen molar-refractivity contribution in [3.8, 4) is 0 Å². The number of nitrogens with zero attached hydrogens (tertiary/aromatic N) is 3. The van der Waals surface area contributed by atoms with Crippen molar-refractivity contribution in [3.63, 3.8) is 0 Å². The van der Waals surface area contributed by atoms with Crippen LogP contribution in [0.25, 0.3) is 0 Å². The molecule has 1 atom stereocenters. The molecule has 15 heavy (non-hydrogen) atoms. The minimum atomic E-state index is 0.530. The second-order valence-corrected chi connectivity index (χ2v) is 5.05. The van der Waals surface area contributed by atoms with E-state index >= 15 is 0 Å². The van der Waals surface area contributed by atoms with Gasteiger partial charge in [-0.25, -0.2) is 0 Å². The maximum absolute atomic E-state index is 10.9. The van der Waals surface area contributed by atoms with Crippen LogP contribution in [-0.2, 0) is 0 Å². The van der Waals surface area contributed by atoms with Gasteiger partial charge in [0.25, 0.3) is 0 Å². The zero-order chi connectivity index (χ0) is 10.8. The van der Waals surface area contributed by atoms with Crippen LogP contribution in [-0.4, -0.2) is 28.9 Å². The van der Waals surface area contributed by atoms with Crippen LogP contribution >= 0.6 is 11.8 Å². The summed E-state index contributed by atoms with van der Waals surface area (Å²) in [5.41, 5.74) is 1.01. The molecule has 0 radical (unpaired) electrons. The van der Waals surface area contributed by atoms with Crippen molar-refractivity contribution in [1.29, 1.82) is 0 Å². The molecule has 2 rings (SSSR count). The van der Waals surface area contributed by atoms with Crippen molar-refractivity contribution in [2.75, 3.05) is 13.6 Å². The Morgan fingerprint density at radius 1 is 1.53 bits per heavy atom. The lowest BCUT2D eigenvalue weighted by molar-refractivity contribution is -0.605. The van der Waals surface area contributed by atoms with Gasteiger partial charge in [0.2, 0.25) is 0 Å². The number of pyridine rings is 1. The van der Waals surface area contributed by atoms with Gasteiger partial charge in [-0.05, 0) is 0 Å². The number of hydrazone groups is 1. The van der Waals surface area contributed by atoms with E-state index in [1.54, 1.807) is 23.9 Å². The molecule has 5 heteroatoms. The first kappa shape index (κ1) is 10.3. The lowest BCUT2D eigenvalue weighted by Crippen LogP contribution is -2.29. The van der Waals surface area contributed by atoms with Gasteiger partial charge < -0.3 is 5.21 Å². The van der Waals surface area contributed by atoms with Crippen LogP contribution in [0.3, 0.4) is 0 Å². The van der Waals surface area contributed by atoms with Crippen LogP contribution in [0.5, 0.6) is 0 Å². The summed E-state index contributed by atoms with van der Waals surface area (Å²) in [4.78, 5) is 0. The number of rotatable bonds is 1. The third kappa shape index (κ3) is 2.41. The predicted octanol–water partition coefficient (Wildman–Crippen LogP) is 1.05. The van der Waals surface area contributed by atoms with Crippen LogP contribution < -0.4 is 4.73 Å². The Bertz CT molecular complexity index is 377. The Morgan fingerprint density at radius 2 is 2.20 bits per heavy atom. The van der Waals surface area contributed by atoms with Gasteiger partial charge in [-0.2, -0.15) is 9.83 Å². The lowest BCUT2D eigenvalue weighted by Gasteiger charge is -2.25. The van der Waals surface area contributed by atoms with Crippen molar-refractivity contribution < 1.29 is 4.73 Å². The van der Waals surface area contributed by atoms with Gasteiger partial charge in [-0.15, -0.1) is 0 Å². The maximum Gasteiger partial charge on any atom is 0.181 e. The average molecular weight is 223 g/mol. The molecule has 2 heterocycles. The molecule has 0 saturated heterocycles. The van der Waals surface area contributed by atoms with Gasteiger partial charge >= 0.3 is 0 Å². The third-order valence-corrected chi connectivity index (χ3v) is 3.24. The first-order chi connectivity index (χ1) is 7.15. The van der Waals surface area contributed by atoms with Crippen LogP contribution in [0.4, 0.5) is 0 Å². The van der Waals surface area contributed by atoms with Crippen molar-refractivity contribution in [3.05, 3.63) is 35.3 Å². The standard InChI is InChI=1S/C10H13N3OS/c1-8-7-12(2)11-10(15-8)9-3-5-13(14)6-4-9/h3-6,8H,7H2,1-2H3. The smallest absolute Gasteiger partial charge is 0.181 e. The van der Waals surface area contributed by atoms with E-state index in [4.69, 9.17) is 0 Å². The molecular weight excluding hydrogens is 210 g/mol. The third-order valence-electron chi connectivity index (χ3n) is 2.14. The minimum Gasteiger partial charge on any atom is -0.619 e. The van der Waals surface area contributed by atoms with Crippen molar-refractivity contribution in [2.24, 2.45) is 5.10 Å². The van der Waals surface area contributed by atoms with Crippen molar-refractivity contribution >= 4 is 16.8 Å². The van der Waals surface area contributed by atoms with E-state index < -0.39 is 0 Å². The first-order valence-electron chi connectivity index (χ1n) is 4.81. The normalized spacial score (nSPS) is 21.3. The fraction of sp³-hybridized carbons (Fsp3) is 0.400. The molecule has 0 N–H and O–H groups in total. The lowest BCUT2D eigenvalue weighted by atomic mass is 10.3. The zero-order valence-corrected chi connectivity index (χ0v) is 9.57. The summed E-state index contributed by atoms with van der Waals surface area (Å²) < 4.78 is 0.782. The van der Waals surface area contributed by atoms with Gasteiger partial charge in [-0.1, -0.05) is 18.7 Å². The molecule has 0 saturated carbocycles. The summed E-state index contributed by atoms with van der Waals surface area (Å²) in [5, 5.41) is 18.8. The van der Waals surface area contributed by atoms with Crippen LogP contribution in [0.2, 0.25) is 0 Å². The molecule has 1 aromatic heterocycles. The van der Waals surface area contributed by atoms with E-state index in [0.717, 1.165) is 21.9 Å². The largest absolute Gasteiger partial charge is 0.619 e. The number of aromatic nitrogens is 1. The highest BCUT2D eigenvalue weighted by Gasteiger charge is 2.18. The molecule has 0 fully saturated rings. The number of hydrogen-bond donors (Lipinski definition) is 0. The highest BCUT2D eigenvalue weighted by molar-refractivity contribution is 8.15. The highest BCUT2D eigenvalue weighted by Crippen LogP contribution is 2.23. The zero-order valence-electron chi connectivity index (χ0n) is 8.75. The molecule has 0 aliphatic carbocycles. The summed E-state index contributed by atoms with van der Waals surface area (Å²) >= 11 is 1.75. The summed E-state index contributed by atoms with van der Waals surface area (Å²) in [5.74, 6) is 0. The van der Waals surface area contributed by atoms with E-state index in [2.05, 4.69) is 12.0 Å². The summed E-state index contributed by atoms with van der Waals surface area (Å²) in [6, 6.07) is 3.59. The monoisotopic (exact) mass is 223 g/mol. The molecule has 0 aromatic carbocycles. The SMILES string of the molecule is CC1CN(C)N=C(c2cc[n+]([O-])cc2)S1. The Labute approximate surface area is 93.2 Å². The fourth-order valence-corrected chi connectivity index (χ4v) is 2.63. The molecule has 1 aromatic rings. The summed E-state index contributed by atoms with van der Waals surface area (Å²) in [7, 11) is 1.97. The fourth-order valence-electron chi connectivity index (χ4n) is 1.50. The number of hydrogen-bond acceptors (Lipinski definition) is 4. The number of thioether (sulfide) groups is 1. The Balaban J connectivity index is 2.26. The molecule has 1 aliphatic heterocycles. The van der Waals surface area contributed by atoms with Crippen LogP contribution in [0.1, 0.15) is 12.5 Å². The molecule has 80 valence electrons. The highest BCUT2D eigenvalue weighted by atomic mass is 32.2. The minimum absolute atomic E-state index is 0.530. The van der Waals surface area contributed by atoms with Crippen molar-refractivity contribution in [1.82, 2.24) is 5.01 Å². The molecular formula is C10H13N3OS.